The molecule has 0 spiro atoms. The van der Waals surface area contributed by atoms with E-state index in [-0.39, 0.29) is 10.8 Å². The number of amides is 1. The summed E-state index contributed by atoms with van der Waals surface area (Å²) in [5.41, 5.74) is 1.48. The minimum Gasteiger partial charge on any atom is -0.322 e. The van der Waals surface area contributed by atoms with Gasteiger partial charge in [0.05, 0.1) is 4.90 Å². The molecule has 1 aromatic heterocycles. The molecule has 0 aliphatic rings. The molecule has 0 saturated carbocycles. The Morgan fingerprint density at radius 2 is 1.55 bits per heavy atom. The van der Waals surface area contributed by atoms with Crippen molar-refractivity contribution in [1.29, 1.82) is 0 Å². The lowest BCUT2D eigenvalue weighted by molar-refractivity contribution is 0.102. The first-order valence-electron chi connectivity index (χ1n) is 8.58. The van der Waals surface area contributed by atoms with Gasteiger partial charge in [-0.1, -0.05) is 11.6 Å². The highest BCUT2D eigenvalue weighted by Gasteiger charge is 2.14. The number of hydrogen-bond donors (Lipinski definition) is 2. The summed E-state index contributed by atoms with van der Waals surface area (Å²) in [5, 5.41) is 6.38. The predicted molar refractivity (Wildman–Crippen MR) is 118 cm³/mol. The van der Waals surface area contributed by atoms with Gasteiger partial charge < -0.3 is 5.32 Å². The summed E-state index contributed by atoms with van der Waals surface area (Å²) in [7, 11) is -3.74. The average molecular weight is 443 g/mol. The van der Waals surface area contributed by atoms with Crippen LogP contribution in [0.5, 0.6) is 0 Å². The lowest BCUT2D eigenvalue weighted by Crippen LogP contribution is -2.14. The minimum absolute atomic E-state index is 0.104. The Morgan fingerprint density at radius 3 is 2.28 bits per heavy atom. The Labute approximate surface area is 177 Å². The molecule has 0 fully saturated rings. The van der Waals surface area contributed by atoms with Crippen LogP contribution in [-0.4, -0.2) is 14.3 Å². The van der Waals surface area contributed by atoms with Crippen molar-refractivity contribution in [3.63, 3.8) is 0 Å². The van der Waals surface area contributed by atoms with Crippen LogP contribution in [0.4, 0.5) is 11.4 Å². The first-order chi connectivity index (χ1) is 13.9. The first kappa shape index (κ1) is 19.4. The molecule has 146 valence electrons. The van der Waals surface area contributed by atoms with E-state index >= 15 is 0 Å². The molecule has 0 radical (unpaired) electrons. The van der Waals surface area contributed by atoms with E-state index < -0.39 is 10.0 Å². The Bertz CT molecular complexity index is 1280. The normalized spacial score (nSPS) is 11.3. The summed E-state index contributed by atoms with van der Waals surface area (Å²) in [6.07, 6.45) is 0. The van der Waals surface area contributed by atoms with Gasteiger partial charge in [-0.05, 0) is 83.6 Å². The molecule has 0 unspecified atom stereocenters. The summed E-state index contributed by atoms with van der Waals surface area (Å²) in [4.78, 5) is 12.6. The number of sulfonamides is 1. The van der Waals surface area contributed by atoms with Gasteiger partial charge in [0.2, 0.25) is 0 Å². The van der Waals surface area contributed by atoms with Crippen molar-refractivity contribution < 1.29 is 13.2 Å². The Morgan fingerprint density at radius 1 is 0.862 bits per heavy atom. The van der Waals surface area contributed by atoms with Crippen molar-refractivity contribution in [1.82, 2.24) is 0 Å². The quantitative estimate of drug-likeness (QED) is 0.422. The molecule has 0 saturated heterocycles. The summed E-state index contributed by atoms with van der Waals surface area (Å²) in [6, 6.07) is 19.8. The maximum atomic E-state index is 12.5. The SMILES string of the molecule is O=C(Nc1ccc2sccc2c1)c1ccc(NS(=O)(=O)c2ccc(Cl)cc2)cc1. The molecule has 3 aromatic carbocycles. The topological polar surface area (TPSA) is 75.3 Å². The van der Waals surface area contributed by atoms with E-state index in [1.54, 1.807) is 35.6 Å². The smallest absolute Gasteiger partial charge is 0.261 e. The van der Waals surface area contributed by atoms with Gasteiger partial charge in [0.25, 0.3) is 15.9 Å². The molecule has 8 heteroatoms. The van der Waals surface area contributed by atoms with Crippen LogP contribution in [-0.2, 0) is 10.0 Å². The zero-order chi connectivity index (χ0) is 20.4. The van der Waals surface area contributed by atoms with Gasteiger partial charge in [-0.15, -0.1) is 11.3 Å². The van der Waals surface area contributed by atoms with Crippen molar-refractivity contribution >= 4 is 60.3 Å². The van der Waals surface area contributed by atoms with Gasteiger partial charge in [0.15, 0.2) is 0 Å². The van der Waals surface area contributed by atoms with E-state index in [0.29, 0.717) is 22.0 Å². The van der Waals surface area contributed by atoms with Crippen LogP contribution in [0.15, 0.2) is 83.1 Å². The highest BCUT2D eigenvalue weighted by atomic mass is 35.5. The van der Waals surface area contributed by atoms with Gasteiger partial charge in [-0.2, -0.15) is 0 Å². The van der Waals surface area contributed by atoms with E-state index in [2.05, 4.69) is 10.0 Å². The van der Waals surface area contributed by atoms with Gasteiger partial charge in [0, 0.05) is 26.7 Å². The average Bonchev–Trinajstić information content (AvgIpc) is 3.16. The van der Waals surface area contributed by atoms with E-state index in [4.69, 9.17) is 11.6 Å². The fourth-order valence-corrected chi connectivity index (χ4v) is 4.72. The highest BCUT2D eigenvalue weighted by Crippen LogP contribution is 2.24. The zero-order valence-corrected chi connectivity index (χ0v) is 17.3. The van der Waals surface area contributed by atoms with Crippen LogP contribution in [0.3, 0.4) is 0 Å². The Balaban J connectivity index is 1.46. The second kappa shape index (κ2) is 7.87. The van der Waals surface area contributed by atoms with E-state index in [1.165, 1.54) is 24.3 Å². The van der Waals surface area contributed by atoms with Gasteiger partial charge in [-0.3, -0.25) is 9.52 Å². The third-order valence-electron chi connectivity index (χ3n) is 4.23. The van der Waals surface area contributed by atoms with Gasteiger partial charge >= 0.3 is 0 Å². The number of hydrogen-bond acceptors (Lipinski definition) is 4. The molecular formula is C21H15ClN2O3S2. The number of carbonyl (C=O) groups excluding carboxylic acids is 1. The lowest BCUT2D eigenvalue weighted by atomic mass is 10.2. The van der Waals surface area contributed by atoms with Gasteiger partial charge in [-0.25, -0.2) is 8.42 Å². The first-order valence-corrected chi connectivity index (χ1v) is 11.3. The lowest BCUT2D eigenvalue weighted by Gasteiger charge is -2.09. The molecule has 5 nitrogen and oxygen atoms in total. The minimum atomic E-state index is -3.74. The van der Waals surface area contributed by atoms with Crippen molar-refractivity contribution in [3.05, 3.63) is 88.8 Å². The summed E-state index contributed by atoms with van der Waals surface area (Å²) >= 11 is 7.44. The largest absolute Gasteiger partial charge is 0.322 e. The molecule has 1 amide bonds. The molecular weight excluding hydrogens is 428 g/mol. The fourth-order valence-electron chi connectivity index (χ4n) is 2.77. The summed E-state index contributed by atoms with van der Waals surface area (Å²) in [5.74, 6) is -0.272. The van der Waals surface area contributed by atoms with Crippen LogP contribution in [0.2, 0.25) is 5.02 Å². The number of nitrogens with one attached hydrogen (secondary N) is 2. The molecule has 0 aliphatic heterocycles. The molecule has 0 bridgehead atoms. The molecule has 0 aliphatic carbocycles. The van der Waals surface area contributed by atoms with E-state index in [1.807, 2.05) is 29.6 Å². The van der Waals surface area contributed by atoms with Crippen molar-refractivity contribution in [2.75, 3.05) is 10.0 Å². The van der Waals surface area contributed by atoms with Crippen LogP contribution in [0.25, 0.3) is 10.1 Å². The van der Waals surface area contributed by atoms with E-state index in [0.717, 1.165) is 10.1 Å². The van der Waals surface area contributed by atoms with Crippen molar-refractivity contribution in [2.24, 2.45) is 0 Å². The molecule has 4 aromatic rings. The van der Waals surface area contributed by atoms with Crippen LogP contribution < -0.4 is 10.0 Å². The summed E-state index contributed by atoms with van der Waals surface area (Å²) < 4.78 is 28.5. The fraction of sp³-hybridized carbons (Fsp3) is 0. The second-order valence-corrected chi connectivity index (χ2v) is 9.33. The Hall–Kier alpha value is -2.87. The van der Waals surface area contributed by atoms with Crippen LogP contribution in [0, 0.1) is 0 Å². The molecule has 4 rings (SSSR count). The molecule has 29 heavy (non-hydrogen) atoms. The monoisotopic (exact) mass is 442 g/mol. The van der Waals surface area contributed by atoms with Crippen LogP contribution in [0.1, 0.15) is 10.4 Å². The zero-order valence-electron chi connectivity index (χ0n) is 14.9. The predicted octanol–water partition coefficient (Wildman–Crippen LogP) is 5.61. The maximum absolute atomic E-state index is 12.5. The Kier molecular flexibility index (Phi) is 5.27. The van der Waals surface area contributed by atoms with Crippen molar-refractivity contribution in [2.45, 2.75) is 4.90 Å². The van der Waals surface area contributed by atoms with Gasteiger partial charge in [0.1, 0.15) is 0 Å². The van der Waals surface area contributed by atoms with E-state index in [9.17, 15) is 13.2 Å². The third-order valence-corrected chi connectivity index (χ3v) is 6.78. The summed E-state index contributed by atoms with van der Waals surface area (Å²) in [6.45, 7) is 0. The number of halogens is 1. The van der Waals surface area contributed by atoms with Crippen LogP contribution >= 0.6 is 22.9 Å². The number of rotatable bonds is 5. The third kappa shape index (κ3) is 4.42. The number of carbonyl (C=O) groups is 1. The molecule has 0 atom stereocenters. The molecule has 1 heterocycles. The number of thiophene rings is 1. The van der Waals surface area contributed by atoms with Crippen molar-refractivity contribution in [3.8, 4) is 0 Å². The highest BCUT2D eigenvalue weighted by molar-refractivity contribution is 7.92. The molecule has 2 N–H and O–H groups in total. The number of anilines is 2. The standard InChI is InChI=1S/C21H15ClN2O3S2/c22-16-3-8-19(9-4-16)29(26,27)24-17-5-1-14(2-6-17)21(25)23-18-7-10-20-15(13-18)11-12-28-20/h1-13,24H,(H,23,25). The maximum Gasteiger partial charge on any atom is 0.261 e. The number of fused-ring (bicyclic) bond motifs is 1. The second-order valence-electron chi connectivity index (χ2n) is 6.26. The number of benzene rings is 3.